The highest BCUT2D eigenvalue weighted by atomic mass is 32.2. The number of aromatic nitrogens is 4. The minimum absolute atomic E-state index is 0.752. The van der Waals surface area contributed by atoms with E-state index in [0.717, 1.165) is 32.9 Å². The van der Waals surface area contributed by atoms with Gasteiger partial charge in [-0.1, -0.05) is 0 Å². The highest BCUT2D eigenvalue weighted by Crippen LogP contribution is 2.30. The molecule has 116 valence electrons. The third-order valence-electron chi connectivity index (χ3n) is 3.37. The van der Waals surface area contributed by atoms with Crippen LogP contribution in [0.3, 0.4) is 0 Å². The van der Waals surface area contributed by atoms with E-state index in [1.54, 1.807) is 23.1 Å². The average Bonchev–Trinajstić information content (AvgIpc) is 3.27. The lowest BCUT2D eigenvalue weighted by Gasteiger charge is -2.08. The lowest BCUT2D eigenvalue weighted by molar-refractivity contribution is 1.03. The number of thioether (sulfide) groups is 1. The topological polar surface area (TPSA) is 55.1 Å². The van der Waals surface area contributed by atoms with E-state index in [4.69, 9.17) is 0 Å². The van der Waals surface area contributed by atoms with Gasteiger partial charge < -0.3 is 5.32 Å². The number of anilines is 2. The molecule has 0 bridgehead atoms. The van der Waals surface area contributed by atoms with Gasteiger partial charge in [0.05, 0.1) is 17.6 Å². The van der Waals surface area contributed by atoms with Crippen molar-refractivity contribution in [1.82, 2.24) is 18.7 Å². The van der Waals surface area contributed by atoms with Crippen molar-refractivity contribution in [3.05, 3.63) is 41.0 Å². The first kappa shape index (κ1) is 14.7. The molecule has 0 aliphatic carbocycles. The molecule has 0 amide bonds. The Bertz CT molecular complexity index is 955. The van der Waals surface area contributed by atoms with Gasteiger partial charge in [0.25, 0.3) is 0 Å². The number of hydrogen-bond donors (Lipinski definition) is 1. The molecule has 0 unspecified atom stereocenters. The molecule has 5 nitrogen and oxygen atoms in total. The molecule has 4 aromatic heterocycles. The smallest absolute Gasteiger partial charge is 0.181 e. The first-order valence-corrected chi connectivity index (χ1v) is 9.83. The maximum Gasteiger partial charge on any atom is 0.181 e. The van der Waals surface area contributed by atoms with Gasteiger partial charge in [0.1, 0.15) is 10.0 Å². The zero-order valence-corrected chi connectivity index (χ0v) is 14.9. The number of nitrogens with zero attached hydrogens (tertiary/aromatic N) is 4. The van der Waals surface area contributed by atoms with Gasteiger partial charge in [-0.2, -0.15) is 15.7 Å². The Labute approximate surface area is 145 Å². The predicted molar refractivity (Wildman–Crippen MR) is 98.2 cm³/mol. The van der Waals surface area contributed by atoms with E-state index in [1.165, 1.54) is 17.1 Å². The van der Waals surface area contributed by atoms with E-state index in [2.05, 4.69) is 40.9 Å². The molecule has 0 aliphatic heterocycles. The molecule has 0 fully saturated rings. The van der Waals surface area contributed by atoms with Gasteiger partial charge in [-0.3, -0.25) is 4.40 Å². The van der Waals surface area contributed by atoms with Gasteiger partial charge >= 0.3 is 0 Å². The van der Waals surface area contributed by atoms with Crippen molar-refractivity contribution in [3.8, 4) is 11.3 Å². The summed E-state index contributed by atoms with van der Waals surface area (Å²) in [6.45, 7) is 1.98. The molecule has 0 saturated carbocycles. The van der Waals surface area contributed by atoms with Gasteiger partial charge in [0.2, 0.25) is 0 Å². The van der Waals surface area contributed by atoms with Crippen molar-refractivity contribution in [1.29, 1.82) is 0 Å². The van der Waals surface area contributed by atoms with E-state index in [1.807, 2.05) is 31.6 Å². The second kappa shape index (κ2) is 5.95. The standard InChI is InChI=1S/C15H13N5S3/c1-9-5-12(23-19-9)17-14-15-16-6-11(10-3-4-22-8-10)20(15)7-13(18-14)21-2/h3-8H,1-2H3,(H,17,18). The van der Waals surface area contributed by atoms with Crippen LogP contribution in [0.2, 0.25) is 0 Å². The molecule has 8 heteroatoms. The van der Waals surface area contributed by atoms with Crippen LogP contribution >= 0.6 is 34.6 Å². The molecular weight excluding hydrogens is 346 g/mol. The Morgan fingerprint density at radius 3 is 2.96 bits per heavy atom. The lowest BCUT2D eigenvalue weighted by Crippen LogP contribution is -1.99. The zero-order valence-electron chi connectivity index (χ0n) is 12.5. The monoisotopic (exact) mass is 359 g/mol. The minimum atomic E-state index is 0.752. The highest BCUT2D eigenvalue weighted by Gasteiger charge is 2.14. The zero-order chi connectivity index (χ0) is 15.8. The van der Waals surface area contributed by atoms with E-state index in [-0.39, 0.29) is 0 Å². The van der Waals surface area contributed by atoms with Crippen LogP contribution < -0.4 is 5.32 Å². The van der Waals surface area contributed by atoms with Gasteiger partial charge in [0, 0.05) is 17.1 Å². The van der Waals surface area contributed by atoms with Gasteiger partial charge in [-0.05, 0) is 42.2 Å². The summed E-state index contributed by atoms with van der Waals surface area (Å²) in [7, 11) is 0. The second-order valence-corrected chi connectivity index (χ2v) is 7.35. The largest absolute Gasteiger partial charge is 0.328 e. The first-order chi connectivity index (χ1) is 11.2. The van der Waals surface area contributed by atoms with Crippen molar-refractivity contribution in [2.45, 2.75) is 11.9 Å². The molecule has 1 N–H and O–H groups in total. The summed E-state index contributed by atoms with van der Waals surface area (Å²) in [5, 5.41) is 9.46. The highest BCUT2D eigenvalue weighted by molar-refractivity contribution is 7.98. The fourth-order valence-electron chi connectivity index (χ4n) is 2.31. The van der Waals surface area contributed by atoms with Gasteiger partial charge in [-0.25, -0.2) is 9.97 Å². The van der Waals surface area contributed by atoms with Crippen LogP contribution in [0.5, 0.6) is 0 Å². The first-order valence-electron chi connectivity index (χ1n) is 6.89. The van der Waals surface area contributed by atoms with E-state index in [9.17, 15) is 0 Å². The van der Waals surface area contributed by atoms with E-state index < -0.39 is 0 Å². The van der Waals surface area contributed by atoms with E-state index >= 15 is 0 Å². The average molecular weight is 360 g/mol. The molecule has 0 saturated heterocycles. The van der Waals surface area contributed by atoms with Crippen LogP contribution in [-0.2, 0) is 0 Å². The van der Waals surface area contributed by atoms with Crippen LogP contribution in [0.4, 0.5) is 10.8 Å². The van der Waals surface area contributed by atoms with Crippen molar-refractivity contribution in [2.24, 2.45) is 0 Å². The molecule has 4 heterocycles. The molecule has 4 rings (SSSR count). The molecule has 4 aromatic rings. The minimum Gasteiger partial charge on any atom is -0.328 e. The van der Waals surface area contributed by atoms with Gasteiger partial charge in [-0.15, -0.1) is 11.8 Å². The summed E-state index contributed by atoms with van der Waals surface area (Å²) in [6.07, 6.45) is 5.95. The van der Waals surface area contributed by atoms with Crippen LogP contribution in [0.15, 0.2) is 40.3 Å². The van der Waals surface area contributed by atoms with Crippen LogP contribution in [0.1, 0.15) is 5.69 Å². The Morgan fingerprint density at radius 2 is 2.26 bits per heavy atom. The maximum absolute atomic E-state index is 4.67. The lowest BCUT2D eigenvalue weighted by atomic mass is 10.3. The molecule has 0 atom stereocenters. The van der Waals surface area contributed by atoms with Crippen molar-refractivity contribution >= 4 is 51.1 Å². The number of nitrogens with one attached hydrogen (secondary N) is 1. The van der Waals surface area contributed by atoms with Crippen LogP contribution in [0, 0.1) is 6.92 Å². The predicted octanol–water partition coefficient (Wildman–Crippen LogP) is 4.69. The van der Waals surface area contributed by atoms with Crippen LogP contribution in [0.25, 0.3) is 16.9 Å². The molecular formula is C15H13N5S3. The Kier molecular flexibility index (Phi) is 3.80. The Hall–Kier alpha value is -1.90. The maximum atomic E-state index is 4.67. The van der Waals surface area contributed by atoms with Crippen LogP contribution in [-0.4, -0.2) is 25.0 Å². The summed E-state index contributed by atoms with van der Waals surface area (Å²) in [6, 6.07) is 4.12. The summed E-state index contributed by atoms with van der Waals surface area (Å²) in [5.74, 6) is 0.752. The molecule has 0 spiro atoms. The van der Waals surface area contributed by atoms with Crippen molar-refractivity contribution in [2.75, 3.05) is 11.6 Å². The summed E-state index contributed by atoms with van der Waals surface area (Å²) in [4.78, 5) is 9.24. The SMILES string of the molecule is CSc1cn2c(-c3ccsc3)cnc2c(Nc2cc(C)ns2)n1. The Morgan fingerprint density at radius 1 is 1.35 bits per heavy atom. The number of aryl methyl sites for hydroxylation is 1. The number of thiophene rings is 1. The second-order valence-electron chi connectivity index (χ2n) is 4.94. The fraction of sp³-hybridized carbons (Fsp3) is 0.133. The summed E-state index contributed by atoms with van der Waals surface area (Å²) in [5.41, 5.74) is 4.05. The Balaban J connectivity index is 1.86. The van der Waals surface area contributed by atoms with Crippen molar-refractivity contribution < 1.29 is 0 Å². The van der Waals surface area contributed by atoms with Gasteiger partial charge in [0.15, 0.2) is 11.5 Å². The van der Waals surface area contributed by atoms with Crippen molar-refractivity contribution in [3.63, 3.8) is 0 Å². The molecule has 0 aliphatic rings. The number of hydrogen-bond acceptors (Lipinski definition) is 7. The third-order valence-corrected chi connectivity index (χ3v) is 5.46. The quantitative estimate of drug-likeness (QED) is 0.536. The number of imidazole rings is 1. The molecule has 23 heavy (non-hydrogen) atoms. The summed E-state index contributed by atoms with van der Waals surface area (Å²) >= 11 is 4.72. The normalized spacial score (nSPS) is 11.2. The summed E-state index contributed by atoms with van der Waals surface area (Å²) < 4.78 is 6.40. The van der Waals surface area contributed by atoms with E-state index in [0.29, 0.717) is 0 Å². The number of fused-ring (bicyclic) bond motifs is 1. The number of rotatable bonds is 4. The fourth-order valence-corrected chi connectivity index (χ4v) is 4.02. The molecule has 0 radical (unpaired) electrons. The third kappa shape index (κ3) is 2.73. The molecule has 0 aromatic carbocycles.